The number of carbonyl (C=O) groups is 1. The van der Waals surface area contributed by atoms with E-state index in [2.05, 4.69) is 21.2 Å². The first-order valence-electron chi connectivity index (χ1n) is 5.30. The third-order valence-electron chi connectivity index (χ3n) is 2.32. The Morgan fingerprint density at radius 1 is 1.56 bits per heavy atom. The molecule has 1 amide bonds. The summed E-state index contributed by atoms with van der Waals surface area (Å²) >= 11 is 3.41. The highest BCUT2D eigenvalue weighted by Crippen LogP contribution is 2.17. The second-order valence-electron chi connectivity index (χ2n) is 3.99. The molecule has 1 unspecified atom stereocenters. The van der Waals surface area contributed by atoms with Crippen LogP contribution < -0.4 is 11.1 Å². The van der Waals surface area contributed by atoms with Crippen LogP contribution in [0.3, 0.4) is 0 Å². The summed E-state index contributed by atoms with van der Waals surface area (Å²) in [4.78, 5) is 11.7. The average Bonchev–Trinajstić information content (AvgIpc) is 2.21. The van der Waals surface area contributed by atoms with Crippen molar-refractivity contribution in [2.24, 2.45) is 5.73 Å². The minimum Gasteiger partial charge on any atom is -0.352 e. The van der Waals surface area contributed by atoms with Crippen LogP contribution in [-0.4, -0.2) is 18.5 Å². The van der Waals surface area contributed by atoms with Gasteiger partial charge in [-0.25, -0.2) is 0 Å². The van der Waals surface area contributed by atoms with Crippen molar-refractivity contribution in [3.63, 3.8) is 0 Å². The summed E-state index contributed by atoms with van der Waals surface area (Å²) in [6.07, 6.45) is 0.790. The molecule has 3 N–H and O–H groups in total. The maximum atomic E-state index is 11.7. The van der Waals surface area contributed by atoms with Gasteiger partial charge in [-0.1, -0.05) is 22.0 Å². The number of hydrogen-bond donors (Lipinski definition) is 2. The number of halogens is 1. The Kier molecular flexibility index (Phi) is 4.96. The number of nitrogens with two attached hydrogens (primary N) is 1. The largest absolute Gasteiger partial charge is 0.352 e. The lowest BCUT2D eigenvalue weighted by molar-refractivity contribution is 0.0952. The molecule has 0 fully saturated rings. The van der Waals surface area contributed by atoms with E-state index in [9.17, 15) is 4.79 Å². The number of amides is 1. The Morgan fingerprint density at radius 3 is 2.81 bits per heavy atom. The van der Waals surface area contributed by atoms with Crippen LogP contribution >= 0.6 is 15.9 Å². The molecular weight excluding hydrogens is 268 g/mol. The number of rotatable bonds is 4. The number of aryl methyl sites for hydroxylation is 1. The van der Waals surface area contributed by atoms with Crippen molar-refractivity contribution in [1.82, 2.24) is 5.32 Å². The Bertz CT molecular complexity index is 377. The highest BCUT2D eigenvalue weighted by molar-refractivity contribution is 9.10. The summed E-state index contributed by atoms with van der Waals surface area (Å²) in [5.41, 5.74) is 7.39. The monoisotopic (exact) mass is 284 g/mol. The molecular formula is C12H17BrN2O. The van der Waals surface area contributed by atoms with Gasteiger partial charge in [0.1, 0.15) is 0 Å². The zero-order chi connectivity index (χ0) is 12.1. The van der Waals surface area contributed by atoms with Crippen LogP contribution in [0.2, 0.25) is 0 Å². The molecule has 1 aromatic rings. The fourth-order valence-electron chi connectivity index (χ4n) is 1.25. The second kappa shape index (κ2) is 6.01. The molecule has 0 radical (unpaired) electrons. The van der Waals surface area contributed by atoms with Gasteiger partial charge in [0.05, 0.1) is 0 Å². The van der Waals surface area contributed by atoms with Crippen molar-refractivity contribution in [2.45, 2.75) is 26.3 Å². The number of nitrogens with one attached hydrogen (secondary N) is 1. The fraction of sp³-hybridized carbons (Fsp3) is 0.417. The molecule has 1 aromatic carbocycles. The topological polar surface area (TPSA) is 55.1 Å². The fourth-order valence-corrected chi connectivity index (χ4v) is 1.63. The molecule has 0 bridgehead atoms. The first kappa shape index (κ1) is 13.2. The molecule has 16 heavy (non-hydrogen) atoms. The Morgan fingerprint density at radius 2 is 2.25 bits per heavy atom. The molecule has 0 spiro atoms. The molecule has 3 nitrogen and oxygen atoms in total. The maximum Gasteiger partial charge on any atom is 0.251 e. The Balaban J connectivity index is 2.56. The zero-order valence-electron chi connectivity index (χ0n) is 9.59. The molecule has 0 saturated carbocycles. The Hall–Kier alpha value is -0.870. The van der Waals surface area contributed by atoms with E-state index in [0.717, 1.165) is 16.5 Å². The summed E-state index contributed by atoms with van der Waals surface area (Å²) in [6, 6.07) is 5.69. The lowest BCUT2D eigenvalue weighted by Crippen LogP contribution is -2.28. The van der Waals surface area contributed by atoms with Crippen LogP contribution in [0, 0.1) is 6.92 Å². The van der Waals surface area contributed by atoms with E-state index >= 15 is 0 Å². The number of carbonyl (C=O) groups excluding carboxylic acids is 1. The number of hydrogen-bond acceptors (Lipinski definition) is 2. The molecule has 1 rings (SSSR count). The second-order valence-corrected chi connectivity index (χ2v) is 4.84. The smallest absolute Gasteiger partial charge is 0.251 e. The molecule has 0 aliphatic carbocycles. The highest BCUT2D eigenvalue weighted by atomic mass is 79.9. The van der Waals surface area contributed by atoms with Crippen LogP contribution in [0.25, 0.3) is 0 Å². The van der Waals surface area contributed by atoms with E-state index in [0.29, 0.717) is 12.1 Å². The summed E-state index contributed by atoms with van der Waals surface area (Å²) in [7, 11) is 0. The minimum absolute atomic E-state index is 0.0543. The predicted octanol–water partition coefficient (Wildman–Crippen LogP) is 2.22. The van der Waals surface area contributed by atoms with Gasteiger partial charge in [-0.05, 0) is 38.0 Å². The average molecular weight is 285 g/mol. The molecule has 0 aromatic heterocycles. The van der Waals surface area contributed by atoms with Crippen LogP contribution in [0.15, 0.2) is 22.7 Å². The molecule has 0 aliphatic heterocycles. The van der Waals surface area contributed by atoms with Gasteiger partial charge >= 0.3 is 0 Å². The van der Waals surface area contributed by atoms with E-state index in [1.165, 1.54) is 0 Å². The first-order valence-corrected chi connectivity index (χ1v) is 6.10. The van der Waals surface area contributed by atoms with Gasteiger partial charge in [-0.3, -0.25) is 4.79 Å². The summed E-state index contributed by atoms with van der Waals surface area (Å²) in [5, 5.41) is 2.84. The third kappa shape index (κ3) is 3.94. The Labute approximate surface area is 105 Å². The van der Waals surface area contributed by atoms with Gasteiger partial charge in [0.2, 0.25) is 0 Å². The molecule has 0 heterocycles. The normalized spacial score (nSPS) is 12.2. The summed E-state index contributed by atoms with van der Waals surface area (Å²) in [5.74, 6) is -0.0543. The predicted molar refractivity (Wildman–Crippen MR) is 69.5 cm³/mol. The van der Waals surface area contributed by atoms with E-state index in [-0.39, 0.29) is 11.9 Å². The van der Waals surface area contributed by atoms with Crippen molar-refractivity contribution in [3.8, 4) is 0 Å². The summed E-state index contributed by atoms with van der Waals surface area (Å²) < 4.78 is 0.951. The summed E-state index contributed by atoms with van der Waals surface area (Å²) in [6.45, 7) is 4.53. The van der Waals surface area contributed by atoms with Crippen molar-refractivity contribution >= 4 is 21.8 Å². The van der Waals surface area contributed by atoms with E-state index in [1.807, 2.05) is 32.0 Å². The van der Waals surface area contributed by atoms with Crippen LogP contribution in [0.5, 0.6) is 0 Å². The van der Waals surface area contributed by atoms with Crippen molar-refractivity contribution in [3.05, 3.63) is 33.8 Å². The van der Waals surface area contributed by atoms with Gasteiger partial charge in [0.15, 0.2) is 0 Å². The molecule has 88 valence electrons. The molecule has 1 atom stereocenters. The van der Waals surface area contributed by atoms with E-state index in [1.54, 1.807) is 0 Å². The highest BCUT2D eigenvalue weighted by Gasteiger charge is 2.06. The van der Waals surface area contributed by atoms with Gasteiger partial charge in [-0.2, -0.15) is 0 Å². The van der Waals surface area contributed by atoms with Crippen molar-refractivity contribution in [2.75, 3.05) is 6.54 Å². The van der Waals surface area contributed by atoms with Gasteiger partial charge in [0, 0.05) is 22.6 Å². The van der Waals surface area contributed by atoms with Gasteiger partial charge in [0.25, 0.3) is 5.91 Å². The minimum atomic E-state index is -0.0543. The van der Waals surface area contributed by atoms with Crippen LogP contribution in [0.1, 0.15) is 29.3 Å². The standard InChI is InChI=1S/C12H17BrN2O/c1-8-3-4-10(7-11(8)13)12(16)15-6-5-9(2)14/h3-4,7,9H,5-6,14H2,1-2H3,(H,15,16). The van der Waals surface area contributed by atoms with Gasteiger partial charge < -0.3 is 11.1 Å². The first-order chi connectivity index (χ1) is 7.50. The van der Waals surface area contributed by atoms with E-state index in [4.69, 9.17) is 5.73 Å². The van der Waals surface area contributed by atoms with Crippen LogP contribution in [-0.2, 0) is 0 Å². The van der Waals surface area contributed by atoms with Crippen molar-refractivity contribution < 1.29 is 4.79 Å². The van der Waals surface area contributed by atoms with Gasteiger partial charge in [-0.15, -0.1) is 0 Å². The maximum absolute atomic E-state index is 11.7. The SMILES string of the molecule is Cc1ccc(C(=O)NCCC(C)N)cc1Br. The third-order valence-corrected chi connectivity index (χ3v) is 3.17. The quantitative estimate of drug-likeness (QED) is 0.891. The zero-order valence-corrected chi connectivity index (χ0v) is 11.2. The molecule has 4 heteroatoms. The van der Waals surface area contributed by atoms with Crippen LogP contribution in [0.4, 0.5) is 0 Å². The molecule has 0 saturated heterocycles. The van der Waals surface area contributed by atoms with Crippen molar-refractivity contribution in [1.29, 1.82) is 0 Å². The van der Waals surface area contributed by atoms with E-state index < -0.39 is 0 Å². The lowest BCUT2D eigenvalue weighted by atomic mass is 10.1. The number of benzene rings is 1. The lowest BCUT2D eigenvalue weighted by Gasteiger charge is -2.08. The molecule has 0 aliphatic rings.